The van der Waals surface area contributed by atoms with E-state index in [0.29, 0.717) is 17.4 Å². The predicted octanol–water partition coefficient (Wildman–Crippen LogP) is 2.10. The van der Waals surface area contributed by atoms with Gasteiger partial charge in [-0.15, -0.1) is 0 Å². The first-order chi connectivity index (χ1) is 8.54. The van der Waals surface area contributed by atoms with Crippen LogP contribution in [0.3, 0.4) is 0 Å². The van der Waals surface area contributed by atoms with Crippen LogP contribution in [0.25, 0.3) is 0 Å². The first-order valence-corrected chi connectivity index (χ1v) is 6.75. The number of rotatable bonds is 2. The van der Waals surface area contributed by atoms with Gasteiger partial charge in [-0.25, -0.2) is 0 Å². The average Bonchev–Trinajstić information content (AvgIpc) is 2.61. The van der Waals surface area contributed by atoms with Gasteiger partial charge in [0.15, 0.2) is 0 Å². The van der Waals surface area contributed by atoms with Gasteiger partial charge in [-0.05, 0) is 58.6 Å². The molecule has 1 aromatic carbocycles. The highest BCUT2D eigenvalue weighted by Gasteiger charge is 2.25. The Labute approximate surface area is 121 Å². The Balaban J connectivity index is 2.05. The number of thioether (sulfide) groups is 1. The minimum absolute atomic E-state index is 0.100. The second kappa shape index (κ2) is 5.53. The summed E-state index contributed by atoms with van der Waals surface area (Å²) in [5.41, 5.74) is 0.631. The van der Waals surface area contributed by atoms with E-state index in [2.05, 4.69) is 33.2 Å². The highest BCUT2D eigenvalue weighted by molar-refractivity contribution is 14.1. The van der Waals surface area contributed by atoms with E-state index in [1.165, 1.54) is 0 Å². The molecule has 2 N–H and O–H groups in total. The number of anilines is 1. The Kier molecular flexibility index (Phi) is 4.02. The molecule has 0 saturated carbocycles. The summed E-state index contributed by atoms with van der Waals surface area (Å²) in [4.78, 5) is 33.8. The van der Waals surface area contributed by atoms with Crippen LogP contribution in [0.4, 0.5) is 10.5 Å². The molecule has 0 spiro atoms. The molecule has 0 bridgehead atoms. The Bertz CT molecular complexity index is 554. The number of carbonyl (C=O) groups excluding carboxylic acids is 3. The molecule has 3 amide bonds. The smallest absolute Gasteiger partial charge is 0.290 e. The van der Waals surface area contributed by atoms with Gasteiger partial charge < -0.3 is 5.32 Å². The molecule has 1 aliphatic rings. The molecule has 1 aromatic rings. The molecule has 0 aliphatic carbocycles. The van der Waals surface area contributed by atoms with Crippen molar-refractivity contribution in [1.29, 1.82) is 0 Å². The van der Waals surface area contributed by atoms with Crippen LogP contribution in [0.1, 0.15) is 0 Å². The largest absolute Gasteiger partial charge is 0.322 e. The Morgan fingerprint density at radius 1 is 1.28 bits per heavy atom. The zero-order chi connectivity index (χ0) is 13.1. The lowest BCUT2D eigenvalue weighted by atomic mass is 10.3. The SMILES string of the molecule is O=C(/C=C1\SC(=O)NC1=O)Nc1ccc(I)cc1. The van der Waals surface area contributed by atoms with E-state index >= 15 is 0 Å². The summed E-state index contributed by atoms with van der Waals surface area (Å²) in [6.45, 7) is 0. The lowest BCUT2D eigenvalue weighted by molar-refractivity contribution is -0.116. The maximum Gasteiger partial charge on any atom is 0.290 e. The maximum absolute atomic E-state index is 11.6. The number of nitrogens with one attached hydrogen (secondary N) is 2. The summed E-state index contributed by atoms with van der Waals surface area (Å²) < 4.78 is 1.06. The van der Waals surface area contributed by atoms with Crippen molar-refractivity contribution in [3.63, 3.8) is 0 Å². The number of hydrogen-bond acceptors (Lipinski definition) is 4. The van der Waals surface area contributed by atoms with Gasteiger partial charge in [0.1, 0.15) is 0 Å². The van der Waals surface area contributed by atoms with Crippen molar-refractivity contribution in [3.05, 3.63) is 38.8 Å². The second-order valence-corrected chi connectivity index (χ2v) is 5.61. The zero-order valence-electron chi connectivity index (χ0n) is 8.90. The van der Waals surface area contributed by atoms with Gasteiger partial charge in [0.25, 0.3) is 11.1 Å². The third kappa shape index (κ3) is 3.33. The van der Waals surface area contributed by atoms with Crippen LogP contribution in [0, 0.1) is 3.57 Å². The van der Waals surface area contributed by atoms with Crippen molar-refractivity contribution in [2.45, 2.75) is 0 Å². The van der Waals surface area contributed by atoms with Gasteiger partial charge in [-0.1, -0.05) is 0 Å². The van der Waals surface area contributed by atoms with Gasteiger partial charge in [-0.2, -0.15) is 0 Å². The maximum atomic E-state index is 11.6. The average molecular weight is 374 g/mol. The summed E-state index contributed by atoms with van der Waals surface area (Å²) in [5, 5.41) is 4.22. The van der Waals surface area contributed by atoms with Crippen LogP contribution in [0.2, 0.25) is 0 Å². The zero-order valence-corrected chi connectivity index (χ0v) is 11.9. The molecule has 7 heteroatoms. The Morgan fingerprint density at radius 2 is 1.94 bits per heavy atom. The molecule has 1 fully saturated rings. The molecule has 18 heavy (non-hydrogen) atoms. The number of benzene rings is 1. The van der Waals surface area contributed by atoms with Crippen LogP contribution in [-0.4, -0.2) is 17.1 Å². The first-order valence-electron chi connectivity index (χ1n) is 4.86. The van der Waals surface area contributed by atoms with Gasteiger partial charge >= 0.3 is 0 Å². The second-order valence-electron chi connectivity index (χ2n) is 3.35. The molecule has 0 atom stereocenters. The van der Waals surface area contributed by atoms with E-state index in [1.807, 2.05) is 12.1 Å². The highest BCUT2D eigenvalue weighted by atomic mass is 127. The van der Waals surface area contributed by atoms with Gasteiger partial charge in [0.2, 0.25) is 5.91 Å². The van der Waals surface area contributed by atoms with Gasteiger partial charge in [-0.3, -0.25) is 19.7 Å². The molecule has 2 rings (SSSR count). The third-order valence-electron chi connectivity index (χ3n) is 2.02. The van der Waals surface area contributed by atoms with Crippen molar-refractivity contribution < 1.29 is 14.4 Å². The minimum Gasteiger partial charge on any atom is -0.322 e. The third-order valence-corrected chi connectivity index (χ3v) is 3.55. The van der Waals surface area contributed by atoms with Crippen molar-refractivity contribution in [1.82, 2.24) is 5.32 Å². The predicted molar refractivity (Wildman–Crippen MR) is 77.0 cm³/mol. The van der Waals surface area contributed by atoms with Gasteiger partial charge in [0, 0.05) is 15.3 Å². The summed E-state index contributed by atoms with van der Waals surface area (Å²) >= 11 is 2.87. The van der Waals surface area contributed by atoms with Crippen LogP contribution >= 0.6 is 34.4 Å². The number of halogens is 1. The molecule has 0 unspecified atom stereocenters. The van der Waals surface area contributed by atoms with E-state index in [1.54, 1.807) is 12.1 Å². The monoisotopic (exact) mass is 374 g/mol. The van der Waals surface area contributed by atoms with E-state index < -0.39 is 17.1 Å². The lowest BCUT2D eigenvalue weighted by Gasteiger charge is -2.01. The standard InChI is InChI=1S/C11H7IN2O3S/c12-6-1-3-7(4-2-6)13-9(15)5-8-10(16)14-11(17)18-8/h1-5H,(H,13,15)(H,14,16,17)/b8-5-. The molecule has 92 valence electrons. The molecular weight excluding hydrogens is 367 g/mol. The fourth-order valence-corrected chi connectivity index (χ4v) is 2.26. The van der Waals surface area contributed by atoms with Gasteiger partial charge in [0.05, 0.1) is 4.91 Å². The molecular formula is C11H7IN2O3S. The number of amides is 3. The van der Waals surface area contributed by atoms with E-state index in [9.17, 15) is 14.4 Å². The molecule has 1 heterocycles. The minimum atomic E-state index is -0.539. The van der Waals surface area contributed by atoms with Crippen molar-refractivity contribution in [2.24, 2.45) is 0 Å². The molecule has 0 radical (unpaired) electrons. The lowest BCUT2D eigenvalue weighted by Crippen LogP contribution is -2.18. The van der Waals surface area contributed by atoms with E-state index in [4.69, 9.17) is 0 Å². The fourth-order valence-electron chi connectivity index (χ4n) is 1.25. The number of carbonyl (C=O) groups is 3. The Morgan fingerprint density at radius 3 is 2.50 bits per heavy atom. The molecule has 1 saturated heterocycles. The summed E-state index contributed by atoms with van der Waals surface area (Å²) in [6.07, 6.45) is 1.11. The first kappa shape index (κ1) is 13.1. The molecule has 5 nitrogen and oxygen atoms in total. The molecule has 1 aliphatic heterocycles. The topological polar surface area (TPSA) is 75.3 Å². The fraction of sp³-hybridized carbons (Fsp3) is 0. The van der Waals surface area contributed by atoms with Crippen LogP contribution in [-0.2, 0) is 9.59 Å². The summed E-state index contributed by atoms with van der Waals surface area (Å²) in [6, 6.07) is 7.21. The van der Waals surface area contributed by atoms with Crippen molar-refractivity contribution >= 4 is 57.1 Å². The quantitative estimate of drug-likeness (QED) is 0.614. The van der Waals surface area contributed by atoms with Crippen LogP contribution in [0.5, 0.6) is 0 Å². The molecule has 0 aromatic heterocycles. The number of imide groups is 1. The van der Waals surface area contributed by atoms with Crippen molar-refractivity contribution in [3.8, 4) is 0 Å². The van der Waals surface area contributed by atoms with Crippen LogP contribution < -0.4 is 10.6 Å². The van der Waals surface area contributed by atoms with Crippen molar-refractivity contribution in [2.75, 3.05) is 5.32 Å². The van der Waals surface area contributed by atoms with E-state index in [0.717, 1.165) is 9.65 Å². The normalized spacial score (nSPS) is 16.8. The van der Waals surface area contributed by atoms with E-state index in [-0.39, 0.29) is 4.91 Å². The summed E-state index contributed by atoms with van der Waals surface area (Å²) in [5.74, 6) is -0.980. The highest BCUT2D eigenvalue weighted by Crippen LogP contribution is 2.22. The van der Waals surface area contributed by atoms with Crippen LogP contribution in [0.15, 0.2) is 35.2 Å². The Hall–Kier alpha value is -1.35. The summed E-state index contributed by atoms with van der Waals surface area (Å²) in [7, 11) is 0. The number of hydrogen-bond donors (Lipinski definition) is 2.